The largest absolute Gasteiger partial charge is 0.409 e. The number of hydrogen-bond donors (Lipinski definition) is 3. The van der Waals surface area contributed by atoms with Crippen LogP contribution in [0.25, 0.3) is 0 Å². The van der Waals surface area contributed by atoms with Crippen LogP contribution in [-0.2, 0) is 4.79 Å². The SMILES string of the molecule is CCC(C(=O)NCCN(C)C)C(N)=NO. The molecule has 0 radical (unpaired) electrons. The summed E-state index contributed by atoms with van der Waals surface area (Å²) in [6.07, 6.45) is 0.518. The third-order valence-corrected chi connectivity index (χ3v) is 2.06. The molecule has 1 atom stereocenters. The van der Waals surface area contributed by atoms with Gasteiger partial charge in [0, 0.05) is 13.1 Å². The van der Waals surface area contributed by atoms with E-state index in [9.17, 15) is 4.79 Å². The van der Waals surface area contributed by atoms with Crippen LogP contribution in [0.5, 0.6) is 0 Å². The van der Waals surface area contributed by atoms with Crippen molar-refractivity contribution in [3.63, 3.8) is 0 Å². The van der Waals surface area contributed by atoms with Crippen LogP contribution in [0.1, 0.15) is 13.3 Å². The molecular formula is C9H20N4O2. The number of carbonyl (C=O) groups is 1. The summed E-state index contributed by atoms with van der Waals surface area (Å²) >= 11 is 0. The first kappa shape index (κ1) is 13.7. The van der Waals surface area contributed by atoms with E-state index in [-0.39, 0.29) is 11.7 Å². The van der Waals surface area contributed by atoms with Gasteiger partial charge in [0.2, 0.25) is 5.91 Å². The van der Waals surface area contributed by atoms with Gasteiger partial charge < -0.3 is 21.2 Å². The summed E-state index contributed by atoms with van der Waals surface area (Å²) in [5, 5.41) is 14.0. The van der Waals surface area contributed by atoms with Crippen molar-refractivity contribution in [2.45, 2.75) is 13.3 Å². The smallest absolute Gasteiger partial charge is 0.230 e. The minimum atomic E-state index is -0.544. The number of likely N-dealkylation sites (N-methyl/N-ethyl adjacent to an activating group) is 1. The minimum absolute atomic E-state index is 0.0418. The van der Waals surface area contributed by atoms with Crippen molar-refractivity contribution in [1.29, 1.82) is 0 Å². The zero-order chi connectivity index (χ0) is 11.8. The van der Waals surface area contributed by atoms with E-state index < -0.39 is 5.92 Å². The van der Waals surface area contributed by atoms with Crippen molar-refractivity contribution in [2.24, 2.45) is 16.8 Å². The van der Waals surface area contributed by atoms with Crippen LogP contribution in [0, 0.1) is 5.92 Å². The van der Waals surface area contributed by atoms with Crippen molar-refractivity contribution < 1.29 is 10.0 Å². The molecule has 6 heteroatoms. The lowest BCUT2D eigenvalue weighted by atomic mass is 10.1. The quantitative estimate of drug-likeness (QED) is 0.240. The van der Waals surface area contributed by atoms with Gasteiger partial charge in [0.15, 0.2) is 5.84 Å². The molecule has 0 aliphatic carbocycles. The predicted octanol–water partition coefficient (Wildman–Crippen LogP) is -0.563. The van der Waals surface area contributed by atoms with Crippen molar-refractivity contribution in [3.8, 4) is 0 Å². The van der Waals surface area contributed by atoms with Gasteiger partial charge in [0.25, 0.3) is 0 Å². The van der Waals surface area contributed by atoms with E-state index in [4.69, 9.17) is 10.9 Å². The van der Waals surface area contributed by atoms with Gasteiger partial charge in [-0.2, -0.15) is 0 Å². The zero-order valence-electron chi connectivity index (χ0n) is 9.53. The zero-order valence-corrected chi connectivity index (χ0v) is 9.53. The normalized spacial score (nSPS) is 14.0. The lowest BCUT2D eigenvalue weighted by Gasteiger charge is -2.15. The Morgan fingerprint density at radius 2 is 2.20 bits per heavy atom. The maximum atomic E-state index is 11.6. The fraction of sp³-hybridized carbons (Fsp3) is 0.778. The molecule has 4 N–H and O–H groups in total. The van der Waals surface area contributed by atoms with Crippen LogP contribution in [0.15, 0.2) is 5.16 Å². The number of rotatable bonds is 6. The molecular weight excluding hydrogens is 196 g/mol. The average Bonchev–Trinajstić information content (AvgIpc) is 2.18. The Kier molecular flexibility index (Phi) is 6.44. The molecule has 0 aromatic rings. The standard InChI is InChI=1S/C9H20N4O2/c1-4-7(8(10)12-15)9(14)11-5-6-13(2)3/h7,15H,4-6H2,1-3H3,(H2,10,12)(H,11,14). The van der Waals surface area contributed by atoms with Gasteiger partial charge in [-0.3, -0.25) is 4.79 Å². The highest BCUT2D eigenvalue weighted by Gasteiger charge is 2.20. The lowest BCUT2D eigenvalue weighted by molar-refractivity contribution is -0.123. The van der Waals surface area contributed by atoms with E-state index in [1.54, 1.807) is 0 Å². The summed E-state index contributed by atoms with van der Waals surface area (Å²) in [5.41, 5.74) is 5.39. The van der Waals surface area contributed by atoms with Crippen molar-refractivity contribution in [1.82, 2.24) is 10.2 Å². The molecule has 1 unspecified atom stereocenters. The van der Waals surface area contributed by atoms with E-state index in [0.717, 1.165) is 6.54 Å². The number of nitrogens with zero attached hydrogens (tertiary/aromatic N) is 2. The Balaban J connectivity index is 4.06. The molecule has 15 heavy (non-hydrogen) atoms. The molecule has 0 spiro atoms. The summed E-state index contributed by atoms with van der Waals surface area (Å²) < 4.78 is 0. The fourth-order valence-electron chi connectivity index (χ4n) is 1.12. The number of amidine groups is 1. The van der Waals surface area contributed by atoms with Crippen molar-refractivity contribution in [2.75, 3.05) is 27.2 Å². The first-order valence-corrected chi connectivity index (χ1v) is 4.92. The second kappa shape index (κ2) is 7.05. The highest BCUT2D eigenvalue weighted by Crippen LogP contribution is 2.02. The minimum Gasteiger partial charge on any atom is -0.409 e. The van der Waals surface area contributed by atoms with Gasteiger partial charge in [0.05, 0.1) is 5.92 Å². The maximum Gasteiger partial charge on any atom is 0.230 e. The second-order valence-corrected chi connectivity index (χ2v) is 3.58. The van der Waals surface area contributed by atoms with E-state index in [0.29, 0.717) is 13.0 Å². The lowest BCUT2D eigenvalue weighted by Crippen LogP contribution is -2.40. The monoisotopic (exact) mass is 216 g/mol. The number of amides is 1. The fourth-order valence-corrected chi connectivity index (χ4v) is 1.12. The molecule has 88 valence electrons. The molecule has 0 aliphatic heterocycles. The third-order valence-electron chi connectivity index (χ3n) is 2.06. The number of hydrogen-bond acceptors (Lipinski definition) is 4. The number of oxime groups is 1. The van der Waals surface area contributed by atoms with Gasteiger partial charge >= 0.3 is 0 Å². The third kappa shape index (κ3) is 5.21. The number of nitrogens with two attached hydrogens (primary N) is 1. The summed E-state index contributed by atoms with van der Waals surface area (Å²) in [6, 6.07) is 0. The highest BCUT2D eigenvalue weighted by molar-refractivity contribution is 6.01. The van der Waals surface area contributed by atoms with Crippen LogP contribution in [0.2, 0.25) is 0 Å². The summed E-state index contributed by atoms with van der Waals surface area (Å²) in [4.78, 5) is 13.5. The van der Waals surface area contributed by atoms with Crippen LogP contribution in [-0.4, -0.2) is 49.0 Å². The van der Waals surface area contributed by atoms with Crippen molar-refractivity contribution >= 4 is 11.7 Å². The Morgan fingerprint density at radius 3 is 2.60 bits per heavy atom. The molecule has 0 bridgehead atoms. The van der Waals surface area contributed by atoms with Gasteiger partial charge in [-0.25, -0.2) is 0 Å². The van der Waals surface area contributed by atoms with Crippen LogP contribution >= 0.6 is 0 Å². The Morgan fingerprint density at radius 1 is 1.60 bits per heavy atom. The molecule has 1 amide bonds. The molecule has 0 heterocycles. The molecule has 0 aliphatic rings. The first-order valence-electron chi connectivity index (χ1n) is 4.92. The highest BCUT2D eigenvalue weighted by atomic mass is 16.4. The van der Waals surface area contributed by atoms with Crippen LogP contribution < -0.4 is 11.1 Å². The summed E-state index contributed by atoms with van der Waals surface area (Å²) in [7, 11) is 3.85. The molecule has 0 saturated heterocycles. The van der Waals surface area contributed by atoms with Gasteiger partial charge in [-0.1, -0.05) is 12.1 Å². The molecule has 0 rings (SSSR count). The average molecular weight is 216 g/mol. The molecule has 0 fully saturated rings. The Bertz CT molecular complexity index is 228. The van der Waals surface area contributed by atoms with Gasteiger partial charge in [-0.05, 0) is 20.5 Å². The Labute approximate surface area is 90.1 Å². The number of carbonyl (C=O) groups excluding carboxylic acids is 1. The van der Waals surface area contributed by atoms with E-state index >= 15 is 0 Å². The summed E-state index contributed by atoms with van der Waals surface area (Å²) in [6.45, 7) is 3.13. The van der Waals surface area contributed by atoms with Gasteiger partial charge in [0.1, 0.15) is 0 Å². The topological polar surface area (TPSA) is 91.0 Å². The molecule has 0 aromatic heterocycles. The molecule has 0 saturated carbocycles. The van der Waals surface area contributed by atoms with Crippen LogP contribution in [0.3, 0.4) is 0 Å². The van der Waals surface area contributed by atoms with E-state index in [1.165, 1.54) is 0 Å². The van der Waals surface area contributed by atoms with E-state index in [2.05, 4.69) is 10.5 Å². The molecule has 6 nitrogen and oxygen atoms in total. The van der Waals surface area contributed by atoms with Crippen molar-refractivity contribution in [3.05, 3.63) is 0 Å². The van der Waals surface area contributed by atoms with Crippen LogP contribution in [0.4, 0.5) is 0 Å². The van der Waals surface area contributed by atoms with Gasteiger partial charge in [-0.15, -0.1) is 0 Å². The first-order chi connectivity index (χ1) is 7.02. The molecule has 0 aromatic carbocycles. The number of nitrogens with one attached hydrogen (secondary N) is 1. The van der Waals surface area contributed by atoms with E-state index in [1.807, 2.05) is 25.9 Å². The second-order valence-electron chi connectivity index (χ2n) is 3.58. The predicted molar refractivity (Wildman–Crippen MR) is 58.8 cm³/mol. The Hall–Kier alpha value is -1.30. The summed E-state index contributed by atoms with van der Waals surface area (Å²) in [5.74, 6) is -0.785. The maximum absolute atomic E-state index is 11.6.